The predicted octanol–water partition coefficient (Wildman–Crippen LogP) is 2.13. The molecule has 0 radical (unpaired) electrons. The molecule has 2 nitrogen and oxygen atoms in total. The Morgan fingerprint density at radius 2 is 2.08 bits per heavy atom. The zero-order chi connectivity index (χ0) is 9.26. The summed E-state index contributed by atoms with van der Waals surface area (Å²) in [5, 5.41) is 0. The molecule has 0 atom stereocenters. The fraction of sp³-hybridized carbons (Fsp3) is 0.182. The Balaban J connectivity index is 2.39. The first-order valence-electron chi connectivity index (χ1n) is 4.39. The van der Waals surface area contributed by atoms with E-state index in [0.717, 1.165) is 29.0 Å². The van der Waals surface area contributed by atoms with Crippen molar-refractivity contribution in [1.82, 2.24) is 0 Å². The highest BCUT2D eigenvalue weighted by molar-refractivity contribution is 6.28. The van der Waals surface area contributed by atoms with Crippen LogP contribution in [0.5, 0.6) is 0 Å². The molecule has 1 aliphatic rings. The molecular weight excluding hydrogens is 160 g/mol. The second-order valence-electron chi connectivity index (χ2n) is 3.09. The third-order valence-electron chi connectivity index (χ3n) is 2.21. The van der Waals surface area contributed by atoms with Crippen LogP contribution in [0.25, 0.3) is 5.57 Å². The number of para-hydroxylation sites is 1. The van der Waals surface area contributed by atoms with Crippen molar-refractivity contribution in [2.24, 2.45) is 10.7 Å². The molecule has 2 N–H and O–H groups in total. The van der Waals surface area contributed by atoms with E-state index in [1.807, 2.05) is 24.3 Å². The van der Waals surface area contributed by atoms with Crippen LogP contribution in [0, 0.1) is 0 Å². The van der Waals surface area contributed by atoms with E-state index in [0.29, 0.717) is 6.54 Å². The van der Waals surface area contributed by atoms with Gasteiger partial charge >= 0.3 is 0 Å². The van der Waals surface area contributed by atoms with Crippen molar-refractivity contribution < 1.29 is 0 Å². The Hall–Kier alpha value is -1.41. The summed E-state index contributed by atoms with van der Waals surface area (Å²) in [5.74, 6) is 0. The van der Waals surface area contributed by atoms with Crippen molar-refractivity contribution >= 4 is 17.0 Å². The highest BCUT2D eigenvalue weighted by Gasteiger charge is 2.16. The van der Waals surface area contributed by atoms with Crippen LogP contribution in [-0.2, 0) is 0 Å². The number of benzene rings is 1. The van der Waals surface area contributed by atoms with E-state index in [9.17, 15) is 0 Å². The lowest BCUT2D eigenvalue weighted by Gasteiger charge is -1.99. The fourth-order valence-electron chi connectivity index (χ4n) is 1.54. The van der Waals surface area contributed by atoms with Gasteiger partial charge in [-0.3, -0.25) is 4.99 Å². The van der Waals surface area contributed by atoms with E-state index >= 15 is 0 Å². The minimum atomic E-state index is 0.631. The van der Waals surface area contributed by atoms with Gasteiger partial charge in [0.25, 0.3) is 0 Å². The Bertz CT molecular complexity index is 377. The molecule has 0 amide bonds. The average Bonchev–Trinajstić information content (AvgIpc) is 2.46. The van der Waals surface area contributed by atoms with Crippen molar-refractivity contribution in [3.63, 3.8) is 0 Å². The van der Waals surface area contributed by atoms with Crippen LogP contribution in [-0.4, -0.2) is 12.3 Å². The van der Waals surface area contributed by atoms with Crippen LogP contribution in [0.1, 0.15) is 12.0 Å². The third-order valence-corrected chi connectivity index (χ3v) is 2.21. The Labute approximate surface area is 77.8 Å². The number of nitrogens with zero attached hydrogens (tertiary/aromatic N) is 1. The molecule has 1 aliphatic heterocycles. The van der Waals surface area contributed by atoms with E-state index in [-0.39, 0.29) is 0 Å². The molecule has 1 heterocycles. The summed E-state index contributed by atoms with van der Waals surface area (Å²) in [5.41, 5.74) is 9.71. The maximum Gasteiger partial charge on any atom is 0.0712 e. The molecule has 0 fully saturated rings. The molecule has 2 rings (SSSR count). The lowest BCUT2D eigenvalue weighted by atomic mass is 10.0. The van der Waals surface area contributed by atoms with E-state index in [1.165, 1.54) is 0 Å². The zero-order valence-electron chi connectivity index (χ0n) is 7.46. The highest BCUT2D eigenvalue weighted by atomic mass is 14.8. The first kappa shape index (κ1) is 8.20. The van der Waals surface area contributed by atoms with Crippen LogP contribution in [0.15, 0.2) is 35.8 Å². The van der Waals surface area contributed by atoms with Gasteiger partial charge in [-0.15, -0.1) is 0 Å². The Morgan fingerprint density at radius 1 is 1.31 bits per heavy atom. The van der Waals surface area contributed by atoms with Crippen molar-refractivity contribution in [2.45, 2.75) is 6.42 Å². The molecule has 0 saturated carbocycles. The second-order valence-corrected chi connectivity index (χ2v) is 3.09. The van der Waals surface area contributed by atoms with Crippen molar-refractivity contribution in [3.05, 3.63) is 36.4 Å². The van der Waals surface area contributed by atoms with Gasteiger partial charge in [0.05, 0.1) is 5.69 Å². The number of fused-ring (bicyclic) bond motifs is 1. The smallest absolute Gasteiger partial charge is 0.0712 e. The summed E-state index contributed by atoms with van der Waals surface area (Å²) in [6.45, 7) is 4.64. The van der Waals surface area contributed by atoms with Crippen LogP contribution >= 0.6 is 0 Å². The summed E-state index contributed by atoms with van der Waals surface area (Å²) >= 11 is 0. The average molecular weight is 172 g/mol. The van der Waals surface area contributed by atoms with Gasteiger partial charge in [0.1, 0.15) is 0 Å². The second kappa shape index (κ2) is 3.15. The molecule has 66 valence electrons. The maximum absolute atomic E-state index is 5.48. The van der Waals surface area contributed by atoms with E-state index in [4.69, 9.17) is 5.73 Å². The molecule has 1 aromatic carbocycles. The number of allylic oxidation sites excluding steroid dienone is 1. The quantitative estimate of drug-likeness (QED) is 0.729. The van der Waals surface area contributed by atoms with Gasteiger partial charge in [-0.1, -0.05) is 24.8 Å². The van der Waals surface area contributed by atoms with E-state index < -0.39 is 0 Å². The lowest BCUT2D eigenvalue weighted by molar-refractivity contribution is 1.05. The van der Waals surface area contributed by atoms with Gasteiger partial charge in [-0.05, 0) is 18.2 Å². The minimum Gasteiger partial charge on any atom is -0.330 e. The summed E-state index contributed by atoms with van der Waals surface area (Å²) in [6, 6.07) is 8.04. The van der Waals surface area contributed by atoms with Crippen molar-refractivity contribution in [1.29, 1.82) is 0 Å². The van der Waals surface area contributed by atoms with Crippen LogP contribution in [0.2, 0.25) is 0 Å². The highest BCUT2D eigenvalue weighted by Crippen LogP contribution is 2.33. The van der Waals surface area contributed by atoms with Gasteiger partial charge < -0.3 is 5.73 Å². The van der Waals surface area contributed by atoms with Gasteiger partial charge in [0.15, 0.2) is 0 Å². The van der Waals surface area contributed by atoms with Crippen molar-refractivity contribution in [2.75, 3.05) is 6.54 Å². The van der Waals surface area contributed by atoms with Crippen molar-refractivity contribution in [3.8, 4) is 0 Å². The zero-order valence-corrected chi connectivity index (χ0v) is 7.46. The topological polar surface area (TPSA) is 38.4 Å². The standard InChI is InChI=1S/C11H12N2/c1-8-9-4-2-3-5-11(9)13-10(8)6-7-12/h2-5H,1,6-7,12H2. The number of nitrogens with two attached hydrogens (primary N) is 1. The van der Waals surface area contributed by atoms with E-state index in [1.54, 1.807) is 0 Å². The summed E-state index contributed by atoms with van der Waals surface area (Å²) in [4.78, 5) is 4.46. The molecule has 13 heavy (non-hydrogen) atoms. The third kappa shape index (κ3) is 1.29. The Kier molecular flexibility index (Phi) is 1.99. The normalized spacial score (nSPS) is 14.2. The maximum atomic E-state index is 5.48. The first-order valence-corrected chi connectivity index (χ1v) is 4.39. The number of hydrogen-bond acceptors (Lipinski definition) is 2. The predicted molar refractivity (Wildman–Crippen MR) is 56.2 cm³/mol. The molecule has 0 bridgehead atoms. The van der Waals surface area contributed by atoms with Gasteiger partial charge in [-0.25, -0.2) is 0 Å². The number of rotatable bonds is 2. The van der Waals surface area contributed by atoms with Crippen LogP contribution in [0.4, 0.5) is 5.69 Å². The molecule has 1 aromatic rings. The molecule has 2 heteroatoms. The van der Waals surface area contributed by atoms with Gasteiger partial charge in [-0.2, -0.15) is 0 Å². The van der Waals surface area contributed by atoms with E-state index in [2.05, 4.69) is 11.6 Å². The lowest BCUT2D eigenvalue weighted by Crippen LogP contribution is -2.06. The fourth-order valence-corrected chi connectivity index (χ4v) is 1.54. The summed E-state index contributed by atoms with van der Waals surface area (Å²) in [7, 11) is 0. The number of hydrogen-bond donors (Lipinski definition) is 1. The Morgan fingerprint density at radius 3 is 2.77 bits per heavy atom. The SMILES string of the molecule is C=C1C(CCN)=Nc2ccccc21. The van der Waals surface area contributed by atoms with Gasteiger partial charge in [0, 0.05) is 17.7 Å². The molecule has 0 unspecified atom stereocenters. The summed E-state index contributed by atoms with van der Waals surface area (Å²) < 4.78 is 0. The monoisotopic (exact) mass is 172 g/mol. The molecule has 0 aromatic heterocycles. The largest absolute Gasteiger partial charge is 0.330 e. The first-order chi connectivity index (χ1) is 6.33. The minimum absolute atomic E-state index is 0.631. The molecule has 0 aliphatic carbocycles. The number of aliphatic imine (C=N–C) groups is 1. The summed E-state index contributed by atoms with van der Waals surface area (Å²) in [6.07, 6.45) is 0.813. The van der Waals surface area contributed by atoms with Crippen LogP contribution in [0.3, 0.4) is 0 Å². The van der Waals surface area contributed by atoms with Crippen LogP contribution < -0.4 is 5.73 Å². The molecule has 0 spiro atoms. The molecular formula is C11H12N2. The molecule has 0 saturated heterocycles. The van der Waals surface area contributed by atoms with Gasteiger partial charge in [0.2, 0.25) is 0 Å².